The number of benzene rings is 1. The second-order valence-electron chi connectivity index (χ2n) is 5.45. The number of nitrogens with zero attached hydrogens (tertiary/aromatic N) is 5. The normalized spacial score (nSPS) is 10.7. The number of aryl methyl sites for hydroxylation is 1. The van der Waals surface area contributed by atoms with Crippen LogP contribution in [0.25, 0.3) is 11.2 Å². The molecular weight excluding hydrogens is 307 g/mol. The number of rotatable bonds is 6. The van der Waals surface area contributed by atoms with E-state index in [1.165, 1.54) is 12.1 Å². The summed E-state index contributed by atoms with van der Waals surface area (Å²) >= 11 is 0. The zero-order valence-electron chi connectivity index (χ0n) is 13.3. The van der Waals surface area contributed by atoms with Crippen molar-refractivity contribution in [2.24, 2.45) is 0 Å². The van der Waals surface area contributed by atoms with E-state index >= 15 is 0 Å². The van der Waals surface area contributed by atoms with E-state index in [0.29, 0.717) is 23.5 Å². The number of hydrogen-bond donors (Lipinski definition) is 1. The molecule has 0 unspecified atom stereocenters. The first-order valence-corrected chi connectivity index (χ1v) is 7.82. The smallest absolute Gasteiger partial charge is 0.236 e. The molecule has 0 spiro atoms. The molecule has 0 amide bonds. The molecule has 0 atom stereocenters. The Hall–Kier alpha value is -3.01. The van der Waals surface area contributed by atoms with Crippen molar-refractivity contribution < 1.29 is 4.39 Å². The SMILES string of the molecule is CCCCn1cnc2c(NCc3ccc(F)cc3)nc(C#N)nc21. The lowest BCUT2D eigenvalue weighted by Gasteiger charge is -2.07. The van der Waals surface area contributed by atoms with Crippen LogP contribution in [-0.2, 0) is 13.1 Å². The number of imidazole rings is 1. The molecule has 1 aromatic carbocycles. The van der Waals surface area contributed by atoms with Gasteiger partial charge in [-0.15, -0.1) is 0 Å². The molecule has 3 rings (SSSR count). The lowest BCUT2D eigenvalue weighted by Crippen LogP contribution is -2.06. The molecule has 0 aliphatic carbocycles. The Labute approximate surface area is 139 Å². The van der Waals surface area contributed by atoms with Crippen LogP contribution in [0, 0.1) is 17.1 Å². The lowest BCUT2D eigenvalue weighted by atomic mass is 10.2. The average Bonchev–Trinajstić information content (AvgIpc) is 3.02. The Kier molecular flexibility index (Phi) is 4.66. The van der Waals surface area contributed by atoms with Gasteiger partial charge in [-0.1, -0.05) is 25.5 Å². The molecule has 2 heterocycles. The van der Waals surface area contributed by atoms with E-state index in [0.717, 1.165) is 24.9 Å². The molecular formula is C17H17FN6. The molecule has 0 aliphatic heterocycles. The van der Waals surface area contributed by atoms with Gasteiger partial charge in [-0.05, 0) is 24.1 Å². The maximum Gasteiger partial charge on any atom is 0.236 e. The highest BCUT2D eigenvalue weighted by molar-refractivity contribution is 5.83. The van der Waals surface area contributed by atoms with Crippen molar-refractivity contribution in [1.29, 1.82) is 5.26 Å². The summed E-state index contributed by atoms with van der Waals surface area (Å²) in [6.07, 6.45) is 3.79. The van der Waals surface area contributed by atoms with Gasteiger partial charge >= 0.3 is 0 Å². The number of unbranched alkanes of at least 4 members (excludes halogenated alkanes) is 1. The molecule has 0 aliphatic rings. The predicted molar refractivity (Wildman–Crippen MR) is 88.7 cm³/mol. The molecule has 7 heteroatoms. The first-order valence-electron chi connectivity index (χ1n) is 7.82. The number of aromatic nitrogens is 4. The van der Waals surface area contributed by atoms with Crippen molar-refractivity contribution in [3.63, 3.8) is 0 Å². The summed E-state index contributed by atoms with van der Waals surface area (Å²) < 4.78 is 14.9. The van der Waals surface area contributed by atoms with E-state index in [4.69, 9.17) is 5.26 Å². The maximum absolute atomic E-state index is 13.0. The van der Waals surface area contributed by atoms with Gasteiger partial charge in [0.05, 0.1) is 6.33 Å². The lowest BCUT2D eigenvalue weighted by molar-refractivity contribution is 0.627. The van der Waals surface area contributed by atoms with Gasteiger partial charge in [0.2, 0.25) is 5.82 Å². The third-order valence-corrected chi connectivity index (χ3v) is 3.69. The molecule has 6 nitrogen and oxygen atoms in total. The molecule has 0 saturated carbocycles. The van der Waals surface area contributed by atoms with E-state index in [1.807, 2.05) is 10.6 Å². The highest BCUT2D eigenvalue weighted by atomic mass is 19.1. The van der Waals surface area contributed by atoms with Crippen LogP contribution in [0.15, 0.2) is 30.6 Å². The van der Waals surface area contributed by atoms with Crippen molar-refractivity contribution >= 4 is 17.0 Å². The van der Waals surface area contributed by atoms with Crippen LogP contribution in [0.4, 0.5) is 10.2 Å². The highest BCUT2D eigenvalue weighted by Crippen LogP contribution is 2.20. The van der Waals surface area contributed by atoms with Crippen LogP contribution in [0.2, 0.25) is 0 Å². The van der Waals surface area contributed by atoms with Crippen LogP contribution >= 0.6 is 0 Å². The molecule has 3 aromatic rings. The Morgan fingerprint density at radius 1 is 1.25 bits per heavy atom. The summed E-state index contributed by atoms with van der Waals surface area (Å²) in [5.74, 6) is 0.336. The number of nitriles is 1. The number of nitrogens with one attached hydrogen (secondary N) is 1. The summed E-state index contributed by atoms with van der Waals surface area (Å²) in [7, 11) is 0. The van der Waals surface area contributed by atoms with E-state index < -0.39 is 0 Å². The summed E-state index contributed by atoms with van der Waals surface area (Å²) in [6, 6.07) is 8.20. The van der Waals surface area contributed by atoms with Gasteiger partial charge in [0.25, 0.3) is 0 Å². The van der Waals surface area contributed by atoms with Gasteiger partial charge in [0.1, 0.15) is 11.9 Å². The Balaban J connectivity index is 1.90. The van der Waals surface area contributed by atoms with Crippen LogP contribution in [-0.4, -0.2) is 19.5 Å². The monoisotopic (exact) mass is 324 g/mol. The van der Waals surface area contributed by atoms with Crippen molar-refractivity contribution in [3.05, 3.63) is 47.8 Å². The third-order valence-electron chi connectivity index (χ3n) is 3.69. The molecule has 1 N–H and O–H groups in total. The molecule has 0 radical (unpaired) electrons. The number of fused-ring (bicyclic) bond motifs is 1. The van der Waals surface area contributed by atoms with Crippen LogP contribution in [0.1, 0.15) is 31.2 Å². The molecule has 2 aromatic heterocycles. The summed E-state index contributed by atoms with van der Waals surface area (Å²) in [5, 5.41) is 12.3. The van der Waals surface area contributed by atoms with Gasteiger partial charge < -0.3 is 9.88 Å². The van der Waals surface area contributed by atoms with Crippen molar-refractivity contribution in [1.82, 2.24) is 19.5 Å². The van der Waals surface area contributed by atoms with E-state index in [1.54, 1.807) is 18.5 Å². The molecule has 0 fully saturated rings. The van der Waals surface area contributed by atoms with Gasteiger partial charge in [-0.2, -0.15) is 15.2 Å². The number of halogens is 1. The average molecular weight is 324 g/mol. The fraction of sp³-hybridized carbons (Fsp3) is 0.294. The van der Waals surface area contributed by atoms with Gasteiger partial charge in [-0.25, -0.2) is 9.37 Å². The molecule has 0 bridgehead atoms. The Morgan fingerprint density at radius 2 is 2.04 bits per heavy atom. The fourth-order valence-corrected chi connectivity index (χ4v) is 2.40. The summed E-state index contributed by atoms with van der Waals surface area (Å²) in [5.41, 5.74) is 2.19. The number of anilines is 1. The fourth-order valence-electron chi connectivity index (χ4n) is 2.40. The summed E-state index contributed by atoms with van der Waals surface area (Å²) in [6.45, 7) is 3.37. The molecule has 24 heavy (non-hydrogen) atoms. The topological polar surface area (TPSA) is 79.4 Å². The van der Waals surface area contributed by atoms with E-state index in [9.17, 15) is 4.39 Å². The highest BCUT2D eigenvalue weighted by Gasteiger charge is 2.13. The van der Waals surface area contributed by atoms with Gasteiger partial charge in [-0.3, -0.25) is 0 Å². The first-order chi connectivity index (χ1) is 11.7. The first kappa shape index (κ1) is 15.9. The van der Waals surface area contributed by atoms with Crippen molar-refractivity contribution in [2.75, 3.05) is 5.32 Å². The maximum atomic E-state index is 13.0. The minimum absolute atomic E-state index is 0.0994. The second-order valence-corrected chi connectivity index (χ2v) is 5.45. The Bertz CT molecular complexity index is 878. The quantitative estimate of drug-likeness (QED) is 0.753. The largest absolute Gasteiger partial charge is 0.364 e. The molecule has 122 valence electrons. The van der Waals surface area contributed by atoms with E-state index in [-0.39, 0.29) is 11.6 Å². The van der Waals surface area contributed by atoms with Crippen LogP contribution in [0.5, 0.6) is 0 Å². The third kappa shape index (κ3) is 3.33. The number of hydrogen-bond acceptors (Lipinski definition) is 5. The van der Waals surface area contributed by atoms with Crippen LogP contribution in [0.3, 0.4) is 0 Å². The zero-order chi connectivity index (χ0) is 16.9. The van der Waals surface area contributed by atoms with Gasteiger partial charge in [0, 0.05) is 13.1 Å². The summed E-state index contributed by atoms with van der Waals surface area (Å²) in [4.78, 5) is 12.9. The van der Waals surface area contributed by atoms with E-state index in [2.05, 4.69) is 27.2 Å². The van der Waals surface area contributed by atoms with Crippen molar-refractivity contribution in [3.8, 4) is 6.07 Å². The molecule has 0 saturated heterocycles. The Morgan fingerprint density at radius 3 is 2.75 bits per heavy atom. The predicted octanol–water partition coefficient (Wildman–Crippen LogP) is 3.25. The van der Waals surface area contributed by atoms with Crippen LogP contribution < -0.4 is 5.32 Å². The minimum atomic E-state index is -0.274. The van der Waals surface area contributed by atoms with Gasteiger partial charge in [0.15, 0.2) is 17.0 Å². The van der Waals surface area contributed by atoms with Crippen molar-refractivity contribution in [2.45, 2.75) is 32.9 Å². The standard InChI is InChI=1S/C17H17FN6/c1-2-3-8-24-11-21-15-16(22-14(9-19)23-17(15)24)20-10-12-4-6-13(18)7-5-12/h4-7,11H,2-3,8,10H2,1H3,(H,20,22,23). The zero-order valence-corrected chi connectivity index (χ0v) is 13.3. The second kappa shape index (κ2) is 7.04. The minimum Gasteiger partial charge on any atom is -0.364 e.